The third-order valence-electron chi connectivity index (χ3n) is 3.10. The SMILES string of the molecule is Cc1nn(C)c(C)c1C(=O)NCc1ccc(Cl)cc1. The number of amides is 1. The van der Waals surface area contributed by atoms with Gasteiger partial charge >= 0.3 is 0 Å². The molecule has 2 aromatic rings. The summed E-state index contributed by atoms with van der Waals surface area (Å²) in [5.74, 6) is -0.0990. The minimum absolute atomic E-state index is 0.0990. The lowest BCUT2D eigenvalue weighted by atomic mass is 10.1. The zero-order valence-corrected chi connectivity index (χ0v) is 12.0. The molecule has 19 heavy (non-hydrogen) atoms. The van der Waals surface area contributed by atoms with Gasteiger partial charge in [-0.15, -0.1) is 0 Å². The summed E-state index contributed by atoms with van der Waals surface area (Å²) in [6.07, 6.45) is 0. The van der Waals surface area contributed by atoms with E-state index in [9.17, 15) is 4.79 Å². The van der Waals surface area contributed by atoms with Gasteiger partial charge in [0.15, 0.2) is 0 Å². The van der Waals surface area contributed by atoms with Crippen LogP contribution in [-0.2, 0) is 13.6 Å². The lowest BCUT2D eigenvalue weighted by Crippen LogP contribution is -2.24. The molecule has 1 aromatic carbocycles. The molecule has 1 aromatic heterocycles. The lowest BCUT2D eigenvalue weighted by molar-refractivity contribution is 0.0949. The molecule has 1 N–H and O–H groups in total. The van der Waals surface area contributed by atoms with Crippen LogP contribution in [0.15, 0.2) is 24.3 Å². The number of rotatable bonds is 3. The maximum absolute atomic E-state index is 12.1. The third-order valence-corrected chi connectivity index (χ3v) is 3.35. The fourth-order valence-corrected chi connectivity index (χ4v) is 2.10. The number of benzene rings is 1. The van der Waals surface area contributed by atoms with Crippen molar-refractivity contribution in [1.29, 1.82) is 0 Å². The van der Waals surface area contributed by atoms with Crippen molar-refractivity contribution in [3.05, 3.63) is 51.8 Å². The predicted octanol–water partition coefficient (Wildman–Crippen LogP) is 2.62. The van der Waals surface area contributed by atoms with Crippen molar-refractivity contribution in [1.82, 2.24) is 15.1 Å². The monoisotopic (exact) mass is 277 g/mol. The highest BCUT2D eigenvalue weighted by molar-refractivity contribution is 6.30. The molecule has 1 heterocycles. The Morgan fingerprint density at radius 2 is 1.95 bits per heavy atom. The van der Waals surface area contributed by atoms with E-state index in [0.717, 1.165) is 17.0 Å². The Labute approximate surface area is 117 Å². The first-order valence-electron chi connectivity index (χ1n) is 6.02. The number of nitrogens with one attached hydrogen (secondary N) is 1. The number of carbonyl (C=O) groups excluding carboxylic acids is 1. The smallest absolute Gasteiger partial charge is 0.255 e. The maximum atomic E-state index is 12.1. The predicted molar refractivity (Wildman–Crippen MR) is 75.3 cm³/mol. The number of aryl methyl sites for hydroxylation is 2. The fraction of sp³-hybridized carbons (Fsp3) is 0.286. The van der Waals surface area contributed by atoms with Gasteiger partial charge in [-0.05, 0) is 31.5 Å². The van der Waals surface area contributed by atoms with Crippen molar-refractivity contribution >= 4 is 17.5 Å². The molecule has 5 heteroatoms. The van der Waals surface area contributed by atoms with E-state index < -0.39 is 0 Å². The first-order valence-corrected chi connectivity index (χ1v) is 6.39. The maximum Gasteiger partial charge on any atom is 0.255 e. The largest absolute Gasteiger partial charge is 0.348 e. The van der Waals surface area contributed by atoms with Crippen LogP contribution in [0.25, 0.3) is 0 Å². The van der Waals surface area contributed by atoms with Crippen molar-refractivity contribution in [2.45, 2.75) is 20.4 Å². The molecule has 0 saturated heterocycles. The molecular formula is C14H16ClN3O. The minimum atomic E-state index is -0.0990. The van der Waals surface area contributed by atoms with E-state index in [4.69, 9.17) is 11.6 Å². The molecule has 0 aliphatic heterocycles. The van der Waals surface area contributed by atoms with E-state index in [1.807, 2.05) is 45.2 Å². The molecule has 0 unspecified atom stereocenters. The lowest BCUT2D eigenvalue weighted by Gasteiger charge is -2.06. The first kappa shape index (κ1) is 13.6. The first-order chi connectivity index (χ1) is 8.99. The van der Waals surface area contributed by atoms with Gasteiger partial charge < -0.3 is 5.32 Å². The quantitative estimate of drug-likeness (QED) is 0.937. The van der Waals surface area contributed by atoms with Crippen LogP contribution in [0.3, 0.4) is 0 Å². The molecular weight excluding hydrogens is 262 g/mol. The van der Waals surface area contributed by atoms with E-state index in [-0.39, 0.29) is 5.91 Å². The van der Waals surface area contributed by atoms with E-state index in [0.29, 0.717) is 17.1 Å². The van der Waals surface area contributed by atoms with E-state index in [2.05, 4.69) is 10.4 Å². The van der Waals surface area contributed by atoms with Crippen molar-refractivity contribution in [2.75, 3.05) is 0 Å². The summed E-state index contributed by atoms with van der Waals surface area (Å²) in [5.41, 5.74) is 3.27. The van der Waals surface area contributed by atoms with Crippen molar-refractivity contribution < 1.29 is 4.79 Å². The average Bonchev–Trinajstić information content (AvgIpc) is 2.62. The number of hydrogen-bond acceptors (Lipinski definition) is 2. The highest BCUT2D eigenvalue weighted by Crippen LogP contribution is 2.13. The zero-order chi connectivity index (χ0) is 14.0. The zero-order valence-electron chi connectivity index (χ0n) is 11.2. The van der Waals surface area contributed by atoms with Gasteiger partial charge in [0.2, 0.25) is 0 Å². The molecule has 1 amide bonds. The van der Waals surface area contributed by atoms with Gasteiger partial charge in [-0.25, -0.2) is 0 Å². The molecule has 0 bridgehead atoms. The molecule has 0 saturated carbocycles. The topological polar surface area (TPSA) is 46.9 Å². The van der Waals surface area contributed by atoms with Crippen LogP contribution in [0.2, 0.25) is 5.02 Å². The highest BCUT2D eigenvalue weighted by atomic mass is 35.5. The number of nitrogens with zero attached hydrogens (tertiary/aromatic N) is 2. The molecule has 0 fully saturated rings. The summed E-state index contributed by atoms with van der Waals surface area (Å²) in [6.45, 7) is 4.20. The summed E-state index contributed by atoms with van der Waals surface area (Å²) in [7, 11) is 1.83. The minimum Gasteiger partial charge on any atom is -0.348 e. The Hall–Kier alpha value is -1.81. The van der Waals surface area contributed by atoms with Gasteiger partial charge in [0.05, 0.1) is 11.3 Å². The van der Waals surface area contributed by atoms with Crippen molar-refractivity contribution in [3.63, 3.8) is 0 Å². The molecule has 2 rings (SSSR count). The van der Waals surface area contributed by atoms with Crippen molar-refractivity contribution in [2.24, 2.45) is 7.05 Å². The van der Waals surface area contributed by atoms with E-state index in [1.54, 1.807) is 4.68 Å². The molecule has 0 aliphatic rings. The number of carbonyl (C=O) groups is 1. The summed E-state index contributed by atoms with van der Waals surface area (Å²) in [5, 5.41) is 7.82. The summed E-state index contributed by atoms with van der Waals surface area (Å²) >= 11 is 5.82. The Morgan fingerprint density at radius 3 is 2.47 bits per heavy atom. The Morgan fingerprint density at radius 1 is 1.32 bits per heavy atom. The normalized spacial score (nSPS) is 10.5. The van der Waals surface area contributed by atoms with Crippen LogP contribution >= 0.6 is 11.6 Å². The second-order valence-electron chi connectivity index (χ2n) is 4.48. The standard InChI is InChI=1S/C14H16ClN3O/c1-9-13(10(2)18(3)17-9)14(19)16-8-11-4-6-12(15)7-5-11/h4-7H,8H2,1-3H3,(H,16,19). The molecule has 0 spiro atoms. The number of aromatic nitrogens is 2. The van der Waals surface area contributed by atoms with Crippen LogP contribution in [-0.4, -0.2) is 15.7 Å². The average molecular weight is 278 g/mol. The van der Waals surface area contributed by atoms with Gasteiger partial charge in [-0.3, -0.25) is 9.48 Å². The van der Waals surface area contributed by atoms with Gasteiger partial charge in [0.25, 0.3) is 5.91 Å². The van der Waals surface area contributed by atoms with Crippen LogP contribution in [0.1, 0.15) is 27.3 Å². The summed E-state index contributed by atoms with van der Waals surface area (Å²) in [6, 6.07) is 7.41. The number of halogens is 1. The molecule has 4 nitrogen and oxygen atoms in total. The van der Waals surface area contributed by atoms with Gasteiger partial charge in [-0.1, -0.05) is 23.7 Å². The van der Waals surface area contributed by atoms with Crippen LogP contribution in [0.4, 0.5) is 0 Å². The Bertz CT molecular complexity index is 602. The van der Waals surface area contributed by atoms with E-state index in [1.165, 1.54) is 0 Å². The van der Waals surface area contributed by atoms with Crippen molar-refractivity contribution in [3.8, 4) is 0 Å². The van der Waals surface area contributed by atoms with Gasteiger partial charge in [-0.2, -0.15) is 5.10 Å². The fourth-order valence-electron chi connectivity index (χ4n) is 1.98. The number of hydrogen-bond donors (Lipinski definition) is 1. The van der Waals surface area contributed by atoms with Gasteiger partial charge in [0, 0.05) is 24.3 Å². The molecule has 0 aliphatic carbocycles. The van der Waals surface area contributed by atoms with E-state index >= 15 is 0 Å². The Kier molecular flexibility index (Phi) is 3.90. The highest BCUT2D eigenvalue weighted by Gasteiger charge is 2.16. The second kappa shape index (κ2) is 5.45. The third kappa shape index (κ3) is 2.96. The molecule has 100 valence electrons. The van der Waals surface area contributed by atoms with Gasteiger partial charge in [0.1, 0.15) is 0 Å². The summed E-state index contributed by atoms with van der Waals surface area (Å²) < 4.78 is 1.71. The van der Waals surface area contributed by atoms with Crippen LogP contribution in [0, 0.1) is 13.8 Å². The molecule has 0 radical (unpaired) electrons. The Balaban J connectivity index is 2.07. The van der Waals surface area contributed by atoms with Crippen LogP contribution in [0.5, 0.6) is 0 Å². The molecule has 0 atom stereocenters. The summed E-state index contributed by atoms with van der Waals surface area (Å²) in [4.78, 5) is 12.1. The second-order valence-corrected chi connectivity index (χ2v) is 4.92. The van der Waals surface area contributed by atoms with Crippen LogP contribution < -0.4 is 5.32 Å².